The zero-order valence-corrected chi connectivity index (χ0v) is 25.0. The average Bonchev–Trinajstić information content (AvgIpc) is 3.53. The van der Waals surface area contributed by atoms with Crippen LogP contribution >= 0.6 is 0 Å². The van der Waals surface area contributed by atoms with Crippen molar-refractivity contribution in [2.75, 3.05) is 31.6 Å². The molecule has 0 aliphatic heterocycles. The molecule has 4 aromatic rings. The van der Waals surface area contributed by atoms with Gasteiger partial charge in [-0.3, -0.25) is 19.6 Å². The summed E-state index contributed by atoms with van der Waals surface area (Å²) in [5, 5.41) is 19.1. The zero-order chi connectivity index (χ0) is 32.1. The maximum Gasteiger partial charge on any atom is 0.413 e. The molecular weight excluding hydrogens is 582 g/mol. The second-order valence-electron chi connectivity index (χ2n) is 11.4. The maximum atomic E-state index is 13.1. The van der Waals surface area contributed by atoms with Crippen molar-refractivity contribution in [3.63, 3.8) is 0 Å². The molecular formula is C31H33N7O7. The summed E-state index contributed by atoms with van der Waals surface area (Å²) in [4.78, 5) is 58.6. The van der Waals surface area contributed by atoms with E-state index in [-0.39, 0.29) is 43.6 Å². The van der Waals surface area contributed by atoms with Gasteiger partial charge in [-0.25, -0.2) is 19.6 Å². The third kappa shape index (κ3) is 7.52. The van der Waals surface area contributed by atoms with Crippen molar-refractivity contribution >= 4 is 40.9 Å². The van der Waals surface area contributed by atoms with Crippen molar-refractivity contribution < 1.29 is 33.8 Å². The van der Waals surface area contributed by atoms with Crippen LogP contribution in [0.4, 0.5) is 15.4 Å². The smallest absolute Gasteiger partial charge is 0.413 e. The van der Waals surface area contributed by atoms with E-state index in [1.807, 2.05) is 48.5 Å². The standard InChI is InChI=1S/C31H33N7O7/c1-31(2,3)45-30(43)35-27-23-14-38(36-28(23)34-18-33-27)15-25(39)37(16-26(40)41)13-12-32-29(42)44-17-24-21-10-6-4-8-19(21)20-9-5-7-11-22(20)24/h4-11,14,18,24H,12-13,15-17H2,1-3H3,(H,32,42)(H,40,41)(H,33,34,35,36,43). The van der Waals surface area contributed by atoms with Crippen LogP contribution in [0.5, 0.6) is 0 Å². The van der Waals surface area contributed by atoms with Crippen LogP contribution in [-0.4, -0.2) is 85.7 Å². The molecule has 14 heteroatoms. The van der Waals surface area contributed by atoms with Crippen LogP contribution in [0, 0.1) is 0 Å². The van der Waals surface area contributed by atoms with Gasteiger partial charge in [-0.15, -0.1) is 0 Å². The highest BCUT2D eigenvalue weighted by Crippen LogP contribution is 2.44. The van der Waals surface area contributed by atoms with E-state index in [1.165, 1.54) is 17.2 Å². The number of carbonyl (C=O) groups excluding carboxylic acids is 3. The number of hydrogen-bond acceptors (Lipinski definition) is 9. The summed E-state index contributed by atoms with van der Waals surface area (Å²) in [7, 11) is 0. The Morgan fingerprint density at radius 2 is 1.64 bits per heavy atom. The van der Waals surface area contributed by atoms with E-state index in [9.17, 15) is 24.3 Å². The third-order valence-electron chi connectivity index (χ3n) is 6.95. The van der Waals surface area contributed by atoms with Gasteiger partial charge in [0.1, 0.15) is 37.4 Å². The van der Waals surface area contributed by atoms with Crippen molar-refractivity contribution in [2.24, 2.45) is 0 Å². The number of alkyl carbamates (subject to hydrolysis) is 1. The van der Waals surface area contributed by atoms with E-state index in [0.717, 1.165) is 27.2 Å². The first-order valence-corrected chi connectivity index (χ1v) is 14.2. The van der Waals surface area contributed by atoms with Crippen LogP contribution < -0.4 is 10.6 Å². The fourth-order valence-corrected chi connectivity index (χ4v) is 5.10. The molecule has 2 aromatic carbocycles. The molecule has 0 saturated heterocycles. The topological polar surface area (TPSA) is 178 Å². The van der Waals surface area contributed by atoms with Gasteiger partial charge < -0.3 is 24.8 Å². The first kappa shape index (κ1) is 30.9. The Morgan fingerprint density at radius 1 is 0.978 bits per heavy atom. The van der Waals surface area contributed by atoms with E-state index in [1.54, 1.807) is 20.8 Å². The largest absolute Gasteiger partial charge is 0.480 e. The van der Waals surface area contributed by atoms with Crippen LogP contribution in [0.3, 0.4) is 0 Å². The van der Waals surface area contributed by atoms with Gasteiger partial charge >= 0.3 is 18.2 Å². The lowest BCUT2D eigenvalue weighted by Gasteiger charge is -2.21. The van der Waals surface area contributed by atoms with Crippen molar-refractivity contribution in [3.05, 3.63) is 72.2 Å². The molecule has 2 heterocycles. The van der Waals surface area contributed by atoms with Crippen LogP contribution in [0.1, 0.15) is 37.8 Å². The first-order valence-electron chi connectivity index (χ1n) is 14.2. The SMILES string of the molecule is CC(C)(C)OC(=O)Nc1ncnc2nn(CC(=O)N(CCNC(=O)OCC3c4ccccc4-c4ccccc43)CC(=O)O)cc12. The quantitative estimate of drug-likeness (QED) is 0.239. The molecule has 3 N–H and O–H groups in total. The lowest BCUT2D eigenvalue weighted by atomic mass is 9.98. The van der Waals surface area contributed by atoms with Crippen LogP contribution in [0.2, 0.25) is 0 Å². The number of carboxylic acid groups (broad SMARTS) is 1. The maximum absolute atomic E-state index is 13.1. The van der Waals surface area contributed by atoms with E-state index in [2.05, 4.69) is 25.7 Å². The van der Waals surface area contributed by atoms with Gasteiger partial charge in [-0.2, -0.15) is 5.10 Å². The van der Waals surface area contributed by atoms with Gasteiger partial charge in [0.25, 0.3) is 0 Å². The summed E-state index contributed by atoms with van der Waals surface area (Å²) < 4.78 is 12.1. The van der Waals surface area contributed by atoms with Crippen LogP contribution in [0.15, 0.2) is 61.1 Å². The van der Waals surface area contributed by atoms with Gasteiger partial charge in [0.05, 0.1) is 5.39 Å². The summed E-state index contributed by atoms with van der Waals surface area (Å²) in [6.45, 7) is 4.27. The number of ether oxygens (including phenoxy) is 2. The molecule has 0 radical (unpaired) electrons. The van der Waals surface area contributed by atoms with Crippen LogP contribution in [-0.2, 0) is 25.6 Å². The summed E-state index contributed by atoms with van der Waals surface area (Å²) in [5.41, 5.74) is 3.87. The number of anilines is 1. The Morgan fingerprint density at radius 3 is 2.29 bits per heavy atom. The second kappa shape index (κ2) is 13.0. The molecule has 3 amide bonds. The minimum atomic E-state index is -1.22. The molecule has 1 aliphatic carbocycles. The fraction of sp³-hybridized carbons (Fsp3) is 0.323. The highest BCUT2D eigenvalue weighted by Gasteiger charge is 2.29. The van der Waals surface area contributed by atoms with Crippen molar-refractivity contribution in [1.82, 2.24) is 30.0 Å². The minimum Gasteiger partial charge on any atom is -0.480 e. The Labute approximate surface area is 258 Å². The fourth-order valence-electron chi connectivity index (χ4n) is 5.10. The number of hydrogen-bond donors (Lipinski definition) is 3. The van der Waals surface area contributed by atoms with E-state index >= 15 is 0 Å². The van der Waals surface area contributed by atoms with Gasteiger partial charge in [-0.1, -0.05) is 48.5 Å². The van der Waals surface area contributed by atoms with Gasteiger partial charge in [-0.05, 0) is 43.0 Å². The lowest BCUT2D eigenvalue weighted by Crippen LogP contribution is -2.43. The normalized spacial score (nSPS) is 12.2. The number of carboxylic acids is 1. The van der Waals surface area contributed by atoms with Crippen molar-refractivity contribution in [3.8, 4) is 11.1 Å². The second-order valence-corrected chi connectivity index (χ2v) is 11.4. The highest BCUT2D eigenvalue weighted by atomic mass is 16.6. The summed E-state index contributed by atoms with van der Waals surface area (Å²) in [6, 6.07) is 16.0. The predicted octanol–water partition coefficient (Wildman–Crippen LogP) is 3.63. The Balaban J connectivity index is 1.16. The molecule has 0 spiro atoms. The molecule has 0 saturated carbocycles. The zero-order valence-electron chi connectivity index (χ0n) is 25.0. The van der Waals surface area contributed by atoms with E-state index in [4.69, 9.17) is 9.47 Å². The van der Waals surface area contributed by atoms with Crippen molar-refractivity contribution in [2.45, 2.75) is 38.8 Å². The number of aliphatic carboxylic acids is 1. The molecule has 14 nitrogen and oxygen atoms in total. The predicted molar refractivity (Wildman–Crippen MR) is 162 cm³/mol. The molecule has 0 unspecified atom stereocenters. The Bertz CT molecular complexity index is 1700. The highest BCUT2D eigenvalue weighted by molar-refractivity contribution is 5.95. The van der Waals surface area contributed by atoms with E-state index in [0.29, 0.717) is 5.39 Å². The number of amides is 3. The van der Waals surface area contributed by atoms with Crippen molar-refractivity contribution in [1.29, 1.82) is 0 Å². The van der Waals surface area contributed by atoms with Gasteiger partial charge in [0, 0.05) is 25.2 Å². The summed E-state index contributed by atoms with van der Waals surface area (Å²) >= 11 is 0. The summed E-state index contributed by atoms with van der Waals surface area (Å²) in [5.74, 6) is -1.75. The lowest BCUT2D eigenvalue weighted by molar-refractivity contribution is -0.144. The van der Waals surface area contributed by atoms with Crippen LogP contribution in [0.25, 0.3) is 22.2 Å². The monoisotopic (exact) mass is 615 g/mol. The number of carbonyl (C=O) groups is 4. The molecule has 2 aromatic heterocycles. The first-order chi connectivity index (χ1) is 21.5. The van der Waals surface area contributed by atoms with Gasteiger partial charge in [0.15, 0.2) is 5.65 Å². The minimum absolute atomic E-state index is 0.0355. The molecule has 0 atom stereocenters. The Hall–Kier alpha value is -5.53. The number of benzene rings is 2. The molecule has 0 bridgehead atoms. The third-order valence-corrected chi connectivity index (χ3v) is 6.95. The average molecular weight is 616 g/mol. The number of nitrogens with one attached hydrogen (secondary N) is 2. The number of nitrogens with zero attached hydrogens (tertiary/aromatic N) is 5. The van der Waals surface area contributed by atoms with Gasteiger partial charge in [0.2, 0.25) is 5.91 Å². The number of rotatable bonds is 10. The molecule has 234 valence electrons. The van der Waals surface area contributed by atoms with E-state index < -0.39 is 36.2 Å². The molecule has 5 rings (SSSR count). The number of fused-ring (bicyclic) bond motifs is 4. The molecule has 45 heavy (non-hydrogen) atoms. The number of aromatic nitrogens is 4. The summed E-state index contributed by atoms with van der Waals surface area (Å²) in [6.07, 6.45) is 1.28. The molecule has 1 aliphatic rings. The Kier molecular flexibility index (Phi) is 8.93. The molecule has 0 fully saturated rings.